The van der Waals surface area contributed by atoms with Crippen LogP contribution in [0, 0.1) is 5.41 Å². The molecule has 1 aromatic carbocycles. The molecule has 0 bridgehead atoms. The molecule has 0 aliphatic carbocycles. The van der Waals surface area contributed by atoms with Crippen molar-refractivity contribution in [3.63, 3.8) is 0 Å². The summed E-state index contributed by atoms with van der Waals surface area (Å²) in [5.41, 5.74) is 4.36. The molecule has 0 aliphatic rings. The van der Waals surface area contributed by atoms with Crippen LogP contribution < -0.4 is 9.64 Å². The molecular formula is C22H35NO. The van der Waals surface area contributed by atoms with E-state index in [4.69, 9.17) is 4.74 Å². The first kappa shape index (κ1) is 20.3. The van der Waals surface area contributed by atoms with Gasteiger partial charge in [0.25, 0.3) is 0 Å². The maximum absolute atomic E-state index is 5.28. The number of hydrogen-bond donors (Lipinski definition) is 0. The fraction of sp³-hybridized carbons (Fsp3) is 0.545. The molecule has 0 aliphatic heterocycles. The summed E-state index contributed by atoms with van der Waals surface area (Å²) in [6, 6.07) is 8.38. The van der Waals surface area contributed by atoms with Gasteiger partial charge in [-0.2, -0.15) is 0 Å². The molecule has 0 atom stereocenters. The van der Waals surface area contributed by atoms with Gasteiger partial charge in [0.15, 0.2) is 0 Å². The Kier molecular flexibility index (Phi) is 8.10. The largest absolute Gasteiger partial charge is 0.497 e. The highest BCUT2D eigenvalue weighted by atomic mass is 16.5. The third kappa shape index (κ3) is 8.24. The van der Waals surface area contributed by atoms with Crippen LogP contribution in [0.25, 0.3) is 0 Å². The van der Waals surface area contributed by atoms with E-state index in [0.717, 1.165) is 31.7 Å². The van der Waals surface area contributed by atoms with E-state index in [1.807, 2.05) is 12.1 Å². The molecule has 1 aromatic rings. The Morgan fingerprint density at radius 1 is 1.04 bits per heavy atom. The minimum atomic E-state index is 0.254. The molecular weight excluding hydrogens is 294 g/mol. The van der Waals surface area contributed by atoms with Crippen molar-refractivity contribution < 1.29 is 4.74 Å². The van der Waals surface area contributed by atoms with Gasteiger partial charge in [0, 0.05) is 18.8 Å². The highest BCUT2D eigenvalue weighted by Crippen LogP contribution is 2.24. The zero-order chi connectivity index (χ0) is 18.2. The van der Waals surface area contributed by atoms with E-state index in [1.165, 1.54) is 16.8 Å². The van der Waals surface area contributed by atoms with Crippen LogP contribution in [0.15, 0.2) is 47.6 Å². The van der Waals surface area contributed by atoms with Crippen molar-refractivity contribution in [2.24, 2.45) is 5.41 Å². The Morgan fingerprint density at radius 3 is 2.17 bits per heavy atom. The van der Waals surface area contributed by atoms with Crippen LogP contribution in [0.3, 0.4) is 0 Å². The molecule has 134 valence electrons. The fourth-order valence-electron chi connectivity index (χ4n) is 2.58. The third-order valence-corrected chi connectivity index (χ3v) is 3.85. The molecule has 0 aromatic heterocycles. The maximum atomic E-state index is 5.28. The van der Waals surface area contributed by atoms with Crippen molar-refractivity contribution >= 4 is 5.69 Å². The Labute approximate surface area is 149 Å². The van der Waals surface area contributed by atoms with Crippen LogP contribution in [0.4, 0.5) is 5.69 Å². The van der Waals surface area contributed by atoms with Crippen molar-refractivity contribution in [1.82, 2.24) is 0 Å². The average Bonchev–Trinajstić information content (AvgIpc) is 2.50. The van der Waals surface area contributed by atoms with Crippen molar-refractivity contribution in [3.05, 3.63) is 47.6 Å². The van der Waals surface area contributed by atoms with Crippen LogP contribution in [0.1, 0.15) is 54.4 Å². The zero-order valence-electron chi connectivity index (χ0n) is 16.6. The summed E-state index contributed by atoms with van der Waals surface area (Å²) in [6.07, 6.45) is 6.95. The van der Waals surface area contributed by atoms with E-state index in [9.17, 15) is 0 Å². The minimum Gasteiger partial charge on any atom is -0.497 e. The van der Waals surface area contributed by atoms with E-state index in [1.54, 1.807) is 7.11 Å². The minimum absolute atomic E-state index is 0.254. The van der Waals surface area contributed by atoms with Gasteiger partial charge in [0.1, 0.15) is 5.75 Å². The zero-order valence-corrected chi connectivity index (χ0v) is 16.6. The predicted molar refractivity (Wildman–Crippen MR) is 107 cm³/mol. The number of allylic oxidation sites excluding steroid dienone is 3. The van der Waals surface area contributed by atoms with Crippen LogP contribution in [0.2, 0.25) is 0 Å². The van der Waals surface area contributed by atoms with E-state index in [2.05, 4.69) is 70.7 Å². The van der Waals surface area contributed by atoms with Gasteiger partial charge in [-0.1, -0.05) is 44.1 Å². The first-order chi connectivity index (χ1) is 11.2. The monoisotopic (exact) mass is 329 g/mol. The summed E-state index contributed by atoms with van der Waals surface area (Å²) in [4.78, 5) is 2.45. The Hall–Kier alpha value is -1.70. The second-order valence-electron chi connectivity index (χ2n) is 8.01. The Morgan fingerprint density at radius 2 is 1.67 bits per heavy atom. The summed E-state index contributed by atoms with van der Waals surface area (Å²) in [7, 11) is 1.71. The molecule has 24 heavy (non-hydrogen) atoms. The summed E-state index contributed by atoms with van der Waals surface area (Å²) < 4.78 is 5.28. The molecule has 0 fully saturated rings. The number of methoxy groups -OCH3 is 1. The fourth-order valence-corrected chi connectivity index (χ4v) is 2.58. The molecule has 0 amide bonds. The van der Waals surface area contributed by atoms with Crippen LogP contribution in [-0.4, -0.2) is 20.2 Å². The molecule has 0 saturated heterocycles. The van der Waals surface area contributed by atoms with Crippen molar-refractivity contribution in [1.29, 1.82) is 0 Å². The summed E-state index contributed by atoms with van der Waals surface area (Å²) in [6.45, 7) is 15.4. The summed E-state index contributed by atoms with van der Waals surface area (Å²) in [5, 5.41) is 0. The van der Waals surface area contributed by atoms with Crippen LogP contribution >= 0.6 is 0 Å². The van der Waals surface area contributed by atoms with Crippen molar-refractivity contribution in [2.75, 3.05) is 25.1 Å². The number of nitrogens with zero attached hydrogens (tertiary/aromatic N) is 1. The van der Waals surface area contributed by atoms with E-state index < -0.39 is 0 Å². The molecule has 1 rings (SSSR count). The van der Waals surface area contributed by atoms with Gasteiger partial charge in [-0.05, 0) is 63.3 Å². The van der Waals surface area contributed by atoms with Gasteiger partial charge in [-0.25, -0.2) is 0 Å². The third-order valence-electron chi connectivity index (χ3n) is 3.85. The normalized spacial score (nSPS) is 12.0. The van der Waals surface area contributed by atoms with Crippen LogP contribution in [0.5, 0.6) is 5.75 Å². The Bertz CT molecular complexity index is 542. The number of hydrogen-bond acceptors (Lipinski definition) is 2. The Balaban J connectivity index is 2.80. The molecule has 0 heterocycles. The van der Waals surface area contributed by atoms with Gasteiger partial charge < -0.3 is 9.64 Å². The highest BCUT2D eigenvalue weighted by Gasteiger charge is 2.16. The van der Waals surface area contributed by atoms with Crippen molar-refractivity contribution in [2.45, 2.75) is 54.4 Å². The summed E-state index contributed by atoms with van der Waals surface area (Å²) in [5.74, 6) is 0.905. The molecule has 0 spiro atoms. The smallest absolute Gasteiger partial charge is 0.119 e. The van der Waals surface area contributed by atoms with E-state index >= 15 is 0 Å². The van der Waals surface area contributed by atoms with Crippen molar-refractivity contribution in [3.8, 4) is 5.75 Å². The first-order valence-corrected chi connectivity index (χ1v) is 8.89. The molecule has 0 radical (unpaired) electrons. The molecule has 0 saturated carbocycles. The standard InChI is InChI=1S/C22H35NO/c1-18(2)9-8-10-19(3)15-16-23(17-22(4,5)6)20-11-13-21(24-7)14-12-20/h9,11-15H,8,10,16-17H2,1-7H3/b19-15+. The van der Waals surface area contributed by atoms with E-state index in [0.29, 0.717) is 0 Å². The lowest BCUT2D eigenvalue weighted by Gasteiger charge is -2.31. The molecule has 2 heteroatoms. The second-order valence-corrected chi connectivity index (χ2v) is 8.01. The number of rotatable bonds is 8. The predicted octanol–water partition coefficient (Wildman–Crippen LogP) is 6.24. The van der Waals surface area contributed by atoms with Crippen LogP contribution in [-0.2, 0) is 0 Å². The molecule has 2 nitrogen and oxygen atoms in total. The first-order valence-electron chi connectivity index (χ1n) is 8.89. The summed E-state index contributed by atoms with van der Waals surface area (Å²) >= 11 is 0. The maximum Gasteiger partial charge on any atom is 0.119 e. The topological polar surface area (TPSA) is 12.5 Å². The SMILES string of the molecule is COc1ccc(N(C/C=C(\C)CCC=C(C)C)CC(C)(C)C)cc1. The lowest BCUT2D eigenvalue weighted by atomic mass is 9.95. The number of anilines is 1. The molecule has 0 N–H and O–H groups in total. The highest BCUT2D eigenvalue weighted by molar-refractivity contribution is 5.50. The quantitative estimate of drug-likeness (QED) is 0.523. The van der Waals surface area contributed by atoms with Gasteiger partial charge >= 0.3 is 0 Å². The number of benzene rings is 1. The van der Waals surface area contributed by atoms with Gasteiger partial charge in [0.05, 0.1) is 7.11 Å². The second kappa shape index (κ2) is 9.56. The van der Waals surface area contributed by atoms with Gasteiger partial charge in [-0.3, -0.25) is 0 Å². The van der Waals surface area contributed by atoms with Gasteiger partial charge in [0.2, 0.25) is 0 Å². The lowest BCUT2D eigenvalue weighted by Crippen LogP contribution is -2.33. The van der Waals surface area contributed by atoms with Gasteiger partial charge in [-0.15, -0.1) is 0 Å². The van der Waals surface area contributed by atoms with E-state index in [-0.39, 0.29) is 5.41 Å². The molecule has 0 unspecified atom stereocenters. The number of ether oxygens (including phenoxy) is 1. The average molecular weight is 330 g/mol. The lowest BCUT2D eigenvalue weighted by molar-refractivity contribution is 0.411.